The summed E-state index contributed by atoms with van der Waals surface area (Å²) in [4.78, 5) is 12.6. The molecule has 0 aliphatic heterocycles. The fraction of sp³-hybridized carbons (Fsp3) is 0.409. The smallest absolute Gasteiger partial charge is 0.223 e. The van der Waals surface area contributed by atoms with Crippen molar-refractivity contribution in [2.75, 3.05) is 0 Å². The van der Waals surface area contributed by atoms with Gasteiger partial charge in [0.25, 0.3) is 0 Å². The average Bonchev–Trinajstić information content (AvgIpc) is 3.09. The Kier molecular flexibility index (Phi) is 6.24. The van der Waals surface area contributed by atoms with E-state index in [0.717, 1.165) is 38.5 Å². The third-order valence-corrected chi connectivity index (χ3v) is 5.16. The van der Waals surface area contributed by atoms with Crippen molar-refractivity contribution in [2.24, 2.45) is 11.7 Å². The molecule has 1 saturated carbocycles. The molecule has 3 heteroatoms. The van der Waals surface area contributed by atoms with Gasteiger partial charge in [0.1, 0.15) is 0 Å². The predicted octanol–water partition coefficient (Wildman–Crippen LogP) is 3.99. The molecule has 25 heavy (non-hydrogen) atoms. The van der Waals surface area contributed by atoms with E-state index in [2.05, 4.69) is 41.7 Å². The van der Waals surface area contributed by atoms with Crippen molar-refractivity contribution in [1.82, 2.24) is 5.32 Å². The van der Waals surface area contributed by atoms with Crippen LogP contribution in [0.4, 0.5) is 0 Å². The van der Waals surface area contributed by atoms with Gasteiger partial charge in [-0.2, -0.15) is 0 Å². The summed E-state index contributed by atoms with van der Waals surface area (Å²) in [5.41, 5.74) is 8.51. The summed E-state index contributed by atoms with van der Waals surface area (Å²) in [5, 5.41) is 3.29. The van der Waals surface area contributed by atoms with E-state index in [4.69, 9.17) is 5.73 Å². The molecule has 0 saturated heterocycles. The first kappa shape index (κ1) is 17.7. The Labute approximate surface area is 150 Å². The second-order valence-electron chi connectivity index (χ2n) is 7.12. The Morgan fingerprint density at radius 3 is 2.36 bits per heavy atom. The molecule has 1 amide bonds. The Bertz CT molecular complexity index is 656. The van der Waals surface area contributed by atoms with Gasteiger partial charge in [0.2, 0.25) is 5.91 Å². The zero-order valence-electron chi connectivity index (χ0n) is 14.7. The maximum absolute atomic E-state index is 12.6. The minimum absolute atomic E-state index is 0.0780. The summed E-state index contributed by atoms with van der Waals surface area (Å²) in [6.07, 6.45) is 5.73. The van der Waals surface area contributed by atoms with Crippen molar-refractivity contribution in [3.05, 3.63) is 71.8 Å². The van der Waals surface area contributed by atoms with Gasteiger partial charge in [0, 0.05) is 12.0 Å². The van der Waals surface area contributed by atoms with Crippen LogP contribution in [-0.4, -0.2) is 11.9 Å². The van der Waals surface area contributed by atoms with Crippen molar-refractivity contribution in [2.45, 2.75) is 50.6 Å². The number of nitrogens with two attached hydrogens (primary N) is 1. The minimum Gasteiger partial charge on any atom is -0.349 e. The van der Waals surface area contributed by atoms with Gasteiger partial charge in [-0.3, -0.25) is 4.79 Å². The Hall–Kier alpha value is -2.13. The molecule has 1 fully saturated rings. The number of rotatable bonds is 7. The Balaban J connectivity index is 1.60. The summed E-state index contributed by atoms with van der Waals surface area (Å²) in [6.45, 7) is 0. The molecule has 3 N–H and O–H groups in total. The molecule has 3 unspecified atom stereocenters. The van der Waals surface area contributed by atoms with Gasteiger partial charge >= 0.3 is 0 Å². The van der Waals surface area contributed by atoms with Gasteiger partial charge in [0.05, 0.1) is 6.04 Å². The molecule has 0 heterocycles. The fourth-order valence-corrected chi connectivity index (χ4v) is 3.71. The molecule has 0 spiro atoms. The van der Waals surface area contributed by atoms with Crippen molar-refractivity contribution >= 4 is 5.91 Å². The average molecular weight is 336 g/mol. The van der Waals surface area contributed by atoms with Crippen LogP contribution >= 0.6 is 0 Å². The predicted molar refractivity (Wildman–Crippen MR) is 102 cm³/mol. The number of aryl methyl sites for hydroxylation is 1. The van der Waals surface area contributed by atoms with Gasteiger partial charge in [-0.25, -0.2) is 0 Å². The summed E-state index contributed by atoms with van der Waals surface area (Å²) in [6, 6.07) is 21.1. The number of amides is 1. The molecule has 3 nitrogen and oxygen atoms in total. The molecule has 0 aromatic heterocycles. The zero-order valence-corrected chi connectivity index (χ0v) is 14.7. The molecule has 1 aliphatic rings. The lowest BCUT2D eigenvalue weighted by Crippen LogP contribution is -2.33. The third kappa shape index (κ3) is 5.17. The second kappa shape index (κ2) is 8.82. The van der Waals surface area contributed by atoms with Gasteiger partial charge in [-0.1, -0.05) is 60.7 Å². The van der Waals surface area contributed by atoms with Gasteiger partial charge in [0.15, 0.2) is 0 Å². The van der Waals surface area contributed by atoms with E-state index in [1.165, 1.54) is 11.1 Å². The summed E-state index contributed by atoms with van der Waals surface area (Å²) < 4.78 is 0. The second-order valence-corrected chi connectivity index (χ2v) is 7.12. The van der Waals surface area contributed by atoms with E-state index in [1.54, 1.807) is 0 Å². The highest BCUT2D eigenvalue weighted by molar-refractivity contribution is 5.79. The first-order valence-electron chi connectivity index (χ1n) is 9.37. The first-order valence-corrected chi connectivity index (χ1v) is 9.37. The zero-order chi connectivity index (χ0) is 17.5. The molecule has 1 aliphatic carbocycles. The molecule has 3 rings (SSSR count). The first-order chi connectivity index (χ1) is 12.2. The highest BCUT2D eigenvalue weighted by atomic mass is 16.1. The van der Waals surface area contributed by atoms with Crippen molar-refractivity contribution in [3.63, 3.8) is 0 Å². The largest absolute Gasteiger partial charge is 0.349 e. The minimum atomic E-state index is 0.0780. The summed E-state index contributed by atoms with van der Waals surface area (Å²) >= 11 is 0. The standard InChI is InChI=1S/C22H28N2O/c23-20-15-14-19(16-20)22(25)24-21(18-11-5-2-6-12-18)13-7-10-17-8-3-1-4-9-17/h1-6,8-9,11-12,19-21H,7,10,13-16,23H2,(H,24,25). The lowest BCUT2D eigenvalue weighted by molar-refractivity contribution is -0.125. The normalized spacial score (nSPS) is 21.0. The molecule has 2 aromatic carbocycles. The van der Waals surface area contributed by atoms with Gasteiger partial charge in [-0.15, -0.1) is 0 Å². The monoisotopic (exact) mass is 336 g/mol. The quantitative estimate of drug-likeness (QED) is 0.803. The number of nitrogens with one attached hydrogen (secondary N) is 1. The van der Waals surface area contributed by atoms with E-state index in [1.807, 2.05) is 24.3 Å². The highest BCUT2D eigenvalue weighted by Crippen LogP contribution is 2.26. The van der Waals surface area contributed by atoms with Crippen molar-refractivity contribution in [3.8, 4) is 0 Å². The van der Waals surface area contributed by atoms with E-state index in [9.17, 15) is 4.79 Å². The van der Waals surface area contributed by atoms with Crippen molar-refractivity contribution < 1.29 is 4.79 Å². The van der Waals surface area contributed by atoms with E-state index < -0.39 is 0 Å². The number of hydrogen-bond acceptors (Lipinski definition) is 2. The van der Waals surface area contributed by atoms with E-state index in [-0.39, 0.29) is 23.9 Å². The van der Waals surface area contributed by atoms with Crippen LogP contribution in [0.25, 0.3) is 0 Å². The lowest BCUT2D eigenvalue weighted by atomic mass is 9.97. The van der Waals surface area contributed by atoms with Crippen LogP contribution in [0.1, 0.15) is 49.3 Å². The van der Waals surface area contributed by atoms with Crippen LogP contribution in [0.2, 0.25) is 0 Å². The van der Waals surface area contributed by atoms with Crippen LogP contribution in [0, 0.1) is 5.92 Å². The van der Waals surface area contributed by atoms with Crippen LogP contribution in [0.3, 0.4) is 0 Å². The Morgan fingerprint density at radius 1 is 1.04 bits per heavy atom. The number of benzene rings is 2. The van der Waals surface area contributed by atoms with E-state index in [0.29, 0.717) is 0 Å². The van der Waals surface area contributed by atoms with Crippen LogP contribution in [0.5, 0.6) is 0 Å². The molecular weight excluding hydrogens is 308 g/mol. The maximum atomic E-state index is 12.6. The highest BCUT2D eigenvalue weighted by Gasteiger charge is 2.29. The SMILES string of the molecule is NC1CCC(C(=O)NC(CCCc2ccccc2)c2ccccc2)C1. The topological polar surface area (TPSA) is 55.1 Å². The third-order valence-electron chi connectivity index (χ3n) is 5.16. The number of carbonyl (C=O) groups is 1. The molecule has 3 atom stereocenters. The molecule has 0 radical (unpaired) electrons. The fourth-order valence-electron chi connectivity index (χ4n) is 3.71. The Morgan fingerprint density at radius 2 is 1.72 bits per heavy atom. The van der Waals surface area contributed by atoms with Crippen LogP contribution < -0.4 is 11.1 Å². The summed E-state index contributed by atoms with van der Waals surface area (Å²) in [5.74, 6) is 0.247. The number of hydrogen-bond donors (Lipinski definition) is 2. The van der Waals surface area contributed by atoms with Gasteiger partial charge in [-0.05, 0) is 49.7 Å². The molecule has 2 aromatic rings. The van der Waals surface area contributed by atoms with Crippen LogP contribution in [0.15, 0.2) is 60.7 Å². The van der Waals surface area contributed by atoms with Gasteiger partial charge < -0.3 is 11.1 Å². The lowest BCUT2D eigenvalue weighted by Gasteiger charge is -2.21. The maximum Gasteiger partial charge on any atom is 0.223 e. The summed E-state index contributed by atoms with van der Waals surface area (Å²) in [7, 11) is 0. The molecule has 0 bridgehead atoms. The van der Waals surface area contributed by atoms with E-state index >= 15 is 0 Å². The van der Waals surface area contributed by atoms with Crippen molar-refractivity contribution in [1.29, 1.82) is 0 Å². The molecular formula is C22H28N2O. The molecule has 132 valence electrons. The van der Waals surface area contributed by atoms with Crippen LogP contribution in [-0.2, 0) is 11.2 Å². The number of carbonyl (C=O) groups excluding carboxylic acids is 1.